The third-order valence-electron chi connectivity index (χ3n) is 2.71. The van der Waals surface area contributed by atoms with Crippen LogP contribution in [0.2, 0.25) is 0 Å². The maximum absolute atomic E-state index is 2.30. The second kappa shape index (κ2) is 7.28. The second-order valence-electron chi connectivity index (χ2n) is 4.11. The molecule has 0 nitrogen and oxygen atoms in total. The van der Waals surface area contributed by atoms with Gasteiger partial charge in [0.25, 0.3) is 0 Å². The fraction of sp³-hybridized carbons (Fsp3) is 0.467. The molecule has 0 aliphatic carbocycles. The number of benzene rings is 1. The fourth-order valence-electron chi connectivity index (χ4n) is 1.67. The molecule has 0 N–H and O–H groups in total. The van der Waals surface area contributed by atoms with Crippen LogP contribution in [0.1, 0.15) is 50.2 Å². The fourth-order valence-corrected chi connectivity index (χ4v) is 1.67. The SMILES string of the molecule is CCCCCCC=Cc1ccccc1C. The predicted octanol–water partition coefficient (Wildman–Crippen LogP) is 4.98. The molecule has 0 aromatic heterocycles. The molecule has 0 aliphatic rings. The molecule has 0 fully saturated rings. The van der Waals surface area contributed by atoms with Crippen molar-refractivity contribution in [3.05, 3.63) is 41.5 Å². The van der Waals surface area contributed by atoms with Gasteiger partial charge >= 0.3 is 0 Å². The van der Waals surface area contributed by atoms with Gasteiger partial charge in [-0.1, -0.05) is 62.6 Å². The van der Waals surface area contributed by atoms with Crippen LogP contribution in [0.4, 0.5) is 0 Å². The first-order valence-corrected chi connectivity index (χ1v) is 6.06. The van der Waals surface area contributed by atoms with Crippen LogP contribution in [0.25, 0.3) is 6.08 Å². The van der Waals surface area contributed by atoms with Gasteiger partial charge in [0, 0.05) is 0 Å². The first-order valence-electron chi connectivity index (χ1n) is 6.06. The average Bonchev–Trinajstić information content (AvgIpc) is 2.25. The molecule has 0 bridgehead atoms. The Bertz CT molecular complexity index is 297. The molecule has 0 unspecified atom stereocenters. The summed E-state index contributed by atoms with van der Waals surface area (Å²) in [6.45, 7) is 4.42. The summed E-state index contributed by atoms with van der Waals surface area (Å²) in [5.41, 5.74) is 2.72. The first-order chi connectivity index (χ1) is 7.34. The van der Waals surface area contributed by atoms with Crippen molar-refractivity contribution in [2.45, 2.75) is 46.0 Å². The van der Waals surface area contributed by atoms with E-state index in [1.54, 1.807) is 0 Å². The number of aryl methyl sites for hydroxylation is 1. The molecule has 0 heteroatoms. The van der Waals surface area contributed by atoms with Crippen LogP contribution in [0.15, 0.2) is 30.3 Å². The Morgan fingerprint density at radius 3 is 2.60 bits per heavy atom. The molecule has 0 saturated carbocycles. The van der Waals surface area contributed by atoms with E-state index in [2.05, 4.69) is 50.3 Å². The van der Waals surface area contributed by atoms with Crippen molar-refractivity contribution in [1.82, 2.24) is 0 Å². The number of hydrogen-bond acceptors (Lipinski definition) is 0. The van der Waals surface area contributed by atoms with Crippen molar-refractivity contribution in [2.75, 3.05) is 0 Å². The topological polar surface area (TPSA) is 0 Å². The Morgan fingerprint density at radius 2 is 1.87 bits per heavy atom. The molecule has 1 aromatic rings. The Hall–Kier alpha value is -1.04. The van der Waals surface area contributed by atoms with Gasteiger partial charge in [0.05, 0.1) is 0 Å². The molecule has 0 amide bonds. The van der Waals surface area contributed by atoms with Crippen LogP contribution in [0.3, 0.4) is 0 Å². The molecule has 1 aromatic carbocycles. The Labute approximate surface area is 94.0 Å². The van der Waals surface area contributed by atoms with E-state index < -0.39 is 0 Å². The standard InChI is InChI=1S/C15H22/c1-3-4-5-6-7-8-12-15-13-10-9-11-14(15)2/h8-13H,3-7H2,1-2H3. The quantitative estimate of drug-likeness (QED) is 0.571. The van der Waals surface area contributed by atoms with Crippen molar-refractivity contribution < 1.29 is 0 Å². The highest BCUT2D eigenvalue weighted by Crippen LogP contribution is 2.10. The lowest BCUT2D eigenvalue weighted by Gasteiger charge is -1.98. The lowest BCUT2D eigenvalue weighted by atomic mass is 10.1. The molecular formula is C15H22. The summed E-state index contributed by atoms with van der Waals surface area (Å²) in [5.74, 6) is 0. The van der Waals surface area contributed by atoms with Crippen LogP contribution in [0.5, 0.6) is 0 Å². The van der Waals surface area contributed by atoms with E-state index in [0.717, 1.165) is 0 Å². The van der Waals surface area contributed by atoms with E-state index >= 15 is 0 Å². The Kier molecular flexibility index (Phi) is 5.84. The first kappa shape index (κ1) is 12.0. The molecule has 0 saturated heterocycles. The summed E-state index contributed by atoms with van der Waals surface area (Å²) in [5, 5.41) is 0. The summed E-state index contributed by atoms with van der Waals surface area (Å²) in [6, 6.07) is 8.53. The molecule has 0 atom stereocenters. The predicted molar refractivity (Wildman–Crippen MR) is 69.0 cm³/mol. The van der Waals surface area contributed by atoms with E-state index in [1.807, 2.05) is 0 Å². The number of unbranched alkanes of at least 4 members (excludes halogenated alkanes) is 4. The van der Waals surface area contributed by atoms with Gasteiger partial charge in [-0.05, 0) is 30.9 Å². The molecule has 82 valence electrons. The van der Waals surface area contributed by atoms with Gasteiger partial charge in [-0.3, -0.25) is 0 Å². The van der Waals surface area contributed by atoms with E-state index in [9.17, 15) is 0 Å². The van der Waals surface area contributed by atoms with Crippen LogP contribution < -0.4 is 0 Å². The zero-order chi connectivity index (χ0) is 10.9. The number of rotatable bonds is 6. The minimum atomic E-state index is 1.22. The van der Waals surface area contributed by atoms with E-state index in [0.29, 0.717) is 0 Å². The van der Waals surface area contributed by atoms with E-state index in [-0.39, 0.29) is 0 Å². The van der Waals surface area contributed by atoms with Gasteiger partial charge in [0.2, 0.25) is 0 Å². The van der Waals surface area contributed by atoms with Crippen molar-refractivity contribution in [3.63, 3.8) is 0 Å². The van der Waals surface area contributed by atoms with Crippen LogP contribution >= 0.6 is 0 Å². The van der Waals surface area contributed by atoms with Gasteiger partial charge in [0.15, 0.2) is 0 Å². The Balaban J connectivity index is 2.29. The second-order valence-corrected chi connectivity index (χ2v) is 4.11. The molecule has 0 heterocycles. The van der Waals surface area contributed by atoms with Crippen molar-refractivity contribution in [3.8, 4) is 0 Å². The third kappa shape index (κ3) is 4.83. The monoisotopic (exact) mass is 202 g/mol. The molecule has 0 spiro atoms. The maximum Gasteiger partial charge on any atom is -0.0231 e. The highest BCUT2D eigenvalue weighted by atomic mass is 14.0. The highest BCUT2D eigenvalue weighted by Gasteiger charge is 1.90. The van der Waals surface area contributed by atoms with Gasteiger partial charge in [0.1, 0.15) is 0 Å². The molecule has 15 heavy (non-hydrogen) atoms. The summed E-state index contributed by atoms with van der Waals surface area (Å²) >= 11 is 0. The van der Waals surface area contributed by atoms with Crippen LogP contribution in [0, 0.1) is 6.92 Å². The highest BCUT2D eigenvalue weighted by molar-refractivity contribution is 5.53. The zero-order valence-electron chi connectivity index (χ0n) is 10.00. The lowest BCUT2D eigenvalue weighted by molar-refractivity contribution is 0.675. The summed E-state index contributed by atoms with van der Waals surface area (Å²) < 4.78 is 0. The van der Waals surface area contributed by atoms with Crippen molar-refractivity contribution >= 4 is 6.08 Å². The Morgan fingerprint density at radius 1 is 1.07 bits per heavy atom. The maximum atomic E-state index is 2.30. The van der Waals surface area contributed by atoms with Crippen LogP contribution in [-0.2, 0) is 0 Å². The smallest absolute Gasteiger partial charge is 0.0231 e. The van der Waals surface area contributed by atoms with Gasteiger partial charge in [-0.15, -0.1) is 0 Å². The summed E-state index contributed by atoms with van der Waals surface area (Å²) in [4.78, 5) is 0. The normalized spacial score (nSPS) is 11.1. The largest absolute Gasteiger partial charge is 0.0839 e. The molecule has 0 radical (unpaired) electrons. The minimum Gasteiger partial charge on any atom is -0.0839 e. The van der Waals surface area contributed by atoms with Crippen molar-refractivity contribution in [2.24, 2.45) is 0 Å². The van der Waals surface area contributed by atoms with Gasteiger partial charge in [-0.25, -0.2) is 0 Å². The number of allylic oxidation sites excluding steroid dienone is 1. The van der Waals surface area contributed by atoms with E-state index in [1.165, 1.54) is 43.2 Å². The lowest BCUT2D eigenvalue weighted by Crippen LogP contribution is -1.78. The van der Waals surface area contributed by atoms with Gasteiger partial charge in [-0.2, -0.15) is 0 Å². The van der Waals surface area contributed by atoms with E-state index in [4.69, 9.17) is 0 Å². The van der Waals surface area contributed by atoms with Gasteiger partial charge < -0.3 is 0 Å². The molecule has 1 rings (SSSR count). The molecular weight excluding hydrogens is 180 g/mol. The zero-order valence-corrected chi connectivity index (χ0v) is 10.00. The minimum absolute atomic E-state index is 1.22. The average molecular weight is 202 g/mol. The number of hydrogen-bond donors (Lipinski definition) is 0. The summed E-state index contributed by atoms with van der Waals surface area (Å²) in [6.07, 6.45) is 11.2. The van der Waals surface area contributed by atoms with Crippen LogP contribution in [-0.4, -0.2) is 0 Å². The third-order valence-corrected chi connectivity index (χ3v) is 2.71. The summed E-state index contributed by atoms with van der Waals surface area (Å²) in [7, 11) is 0. The molecule has 0 aliphatic heterocycles. The van der Waals surface area contributed by atoms with Crippen molar-refractivity contribution in [1.29, 1.82) is 0 Å².